The molecule has 0 atom stereocenters. The number of allylic oxidation sites excluding steroid dienone is 1. The van der Waals surface area contributed by atoms with Crippen molar-refractivity contribution in [2.75, 3.05) is 7.11 Å². The molecule has 0 saturated heterocycles. The van der Waals surface area contributed by atoms with Gasteiger partial charge in [0.25, 0.3) is 0 Å². The zero-order chi connectivity index (χ0) is 16.4. The summed E-state index contributed by atoms with van der Waals surface area (Å²) in [5.41, 5.74) is 1.34. The third-order valence-corrected chi connectivity index (χ3v) is 4.00. The molecule has 5 heteroatoms. The van der Waals surface area contributed by atoms with E-state index < -0.39 is 0 Å². The van der Waals surface area contributed by atoms with Gasteiger partial charge in [0.2, 0.25) is 5.78 Å². The number of ether oxygens (including phenoxy) is 1. The van der Waals surface area contributed by atoms with Gasteiger partial charge in [0.05, 0.1) is 11.6 Å². The van der Waals surface area contributed by atoms with E-state index >= 15 is 0 Å². The van der Waals surface area contributed by atoms with Gasteiger partial charge < -0.3 is 14.3 Å². The molecule has 0 aliphatic carbocycles. The van der Waals surface area contributed by atoms with Crippen LogP contribution in [0.1, 0.15) is 16.1 Å². The highest BCUT2D eigenvalue weighted by Gasteiger charge is 2.12. The van der Waals surface area contributed by atoms with Gasteiger partial charge >= 0.3 is 0 Å². The summed E-state index contributed by atoms with van der Waals surface area (Å²) >= 11 is 3.24. The molecule has 4 nitrogen and oxygen atoms in total. The van der Waals surface area contributed by atoms with E-state index in [0.717, 1.165) is 10.9 Å². The lowest BCUT2D eigenvalue weighted by molar-refractivity contribution is 0.102. The third-order valence-electron chi connectivity index (χ3n) is 3.37. The van der Waals surface area contributed by atoms with Gasteiger partial charge in [-0.1, -0.05) is 24.3 Å². The molecule has 0 radical (unpaired) electrons. The maximum absolute atomic E-state index is 12.3. The molecule has 2 aromatic carbocycles. The average molecular weight is 373 g/mol. The number of hydrogen-bond acceptors (Lipinski definition) is 4. The Morgan fingerprint density at radius 1 is 1.26 bits per heavy atom. The molecule has 0 aliphatic heterocycles. The lowest BCUT2D eigenvalue weighted by Crippen LogP contribution is -1.90. The van der Waals surface area contributed by atoms with Gasteiger partial charge in [-0.15, -0.1) is 0 Å². The van der Waals surface area contributed by atoms with Gasteiger partial charge in [-0.3, -0.25) is 4.79 Å². The second-order valence-corrected chi connectivity index (χ2v) is 5.75. The van der Waals surface area contributed by atoms with Crippen LogP contribution in [0.25, 0.3) is 17.0 Å². The fraction of sp³-hybridized carbons (Fsp3) is 0.0556. The molecule has 116 valence electrons. The summed E-state index contributed by atoms with van der Waals surface area (Å²) in [4.78, 5) is 12.3. The number of para-hydroxylation sites is 1. The Labute approximate surface area is 141 Å². The smallest absolute Gasteiger partial charge is 0.221 e. The number of rotatable bonds is 4. The first-order valence-corrected chi connectivity index (χ1v) is 7.65. The molecule has 1 aromatic heterocycles. The maximum atomic E-state index is 12.3. The van der Waals surface area contributed by atoms with Gasteiger partial charge in [-0.05, 0) is 51.8 Å². The fourth-order valence-electron chi connectivity index (χ4n) is 2.20. The molecule has 0 fully saturated rings. The van der Waals surface area contributed by atoms with E-state index in [1.54, 1.807) is 43.5 Å². The lowest BCUT2D eigenvalue weighted by Gasteiger charge is -1.98. The van der Waals surface area contributed by atoms with Crippen LogP contribution in [0.15, 0.2) is 57.4 Å². The topological polar surface area (TPSA) is 59.7 Å². The molecule has 3 aromatic rings. The van der Waals surface area contributed by atoms with Crippen molar-refractivity contribution in [3.63, 3.8) is 0 Å². The Hall–Kier alpha value is -2.53. The van der Waals surface area contributed by atoms with Crippen molar-refractivity contribution in [1.82, 2.24) is 0 Å². The minimum absolute atomic E-state index is 0.151. The summed E-state index contributed by atoms with van der Waals surface area (Å²) in [6, 6.07) is 12.2. The predicted octanol–water partition coefficient (Wildman–Crippen LogP) is 4.81. The summed E-state index contributed by atoms with van der Waals surface area (Å²) < 4.78 is 11.4. The largest absolute Gasteiger partial charge is 0.507 e. The number of aromatic hydroxyl groups is 1. The van der Waals surface area contributed by atoms with Crippen LogP contribution in [0.3, 0.4) is 0 Å². The van der Waals surface area contributed by atoms with Crippen LogP contribution in [0, 0.1) is 0 Å². The Bertz CT molecular complexity index is 909. The number of methoxy groups -OCH3 is 1. The average Bonchev–Trinajstić information content (AvgIpc) is 2.99. The second-order valence-electron chi connectivity index (χ2n) is 4.90. The van der Waals surface area contributed by atoms with Crippen LogP contribution in [-0.4, -0.2) is 18.0 Å². The number of phenolic OH excluding ortho intramolecular Hbond substituents is 1. The van der Waals surface area contributed by atoms with Gasteiger partial charge in [0, 0.05) is 5.39 Å². The third kappa shape index (κ3) is 3.14. The van der Waals surface area contributed by atoms with Gasteiger partial charge in [-0.25, -0.2) is 0 Å². The highest BCUT2D eigenvalue weighted by atomic mass is 79.9. The SMILES string of the molecule is COc1cccc2cc(C(=O)/C=C/c3ccc(O)c(Br)c3)oc12. The number of benzene rings is 2. The monoisotopic (exact) mass is 372 g/mol. The zero-order valence-electron chi connectivity index (χ0n) is 12.2. The molecule has 23 heavy (non-hydrogen) atoms. The molecule has 0 unspecified atom stereocenters. The quantitative estimate of drug-likeness (QED) is 0.527. The Kier molecular flexibility index (Phi) is 4.21. The predicted molar refractivity (Wildman–Crippen MR) is 91.9 cm³/mol. The van der Waals surface area contributed by atoms with E-state index in [4.69, 9.17) is 9.15 Å². The number of carbonyl (C=O) groups excluding carboxylic acids is 1. The molecule has 1 N–H and O–H groups in total. The number of furan rings is 1. The van der Waals surface area contributed by atoms with Crippen molar-refractivity contribution in [3.05, 3.63) is 64.3 Å². The maximum Gasteiger partial charge on any atom is 0.221 e. The summed E-state index contributed by atoms with van der Waals surface area (Å²) in [5, 5.41) is 10.3. The first-order chi connectivity index (χ1) is 11.1. The summed E-state index contributed by atoms with van der Waals surface area (Å²) in [6.07, 6.45) is 3.10. The first-order valence-electron chi connectivity index (χ1n) is 6.86. The molecule has 0 saturated carbocycles. The molecule has 0 bridgehead atoms. The van der Waals surface area contributed by atoms with Crippen molar-refractivity contribution in [2.24, 2.45) is 0 Å². The number of fused-ring (bicyclic) bond motifs is 1. The van der Waals surface area contributed by atoms with E-state index in [1.165, 1.54) is 6.08 Å². The lowest BCUT2D eigenvalue weighted by atomic mass is 10.1. The summed E-state index contributed by atoms with van der Waals surface area (Å²) in [5.74, 6) is 0.747. The minimum Gasteiger partial charge on any atom is -0.507 e. The fourth-order valence-corrected chi connectivity index (χ4v) is 2.60. The van der Waals surface area contributed by atoms with E-state index in [0.29, 0.717) is 15.8 Å². The first kappa shape index (κ1) is 15.4. The van der Waals surface area contributed by atoms with Gasteiger partial charge in [0.1, 0.15) is 5.75 Å². The zero-order valence-corrected chi connectivity index (χ0v) is 13.8. The molecule has 0 amide bonds. The second kappa shape index (κ2) is 6.30. The van der Waals surface area contributed by atoms with E-state index in [-0.39, 0.29) is 17.3 Å². The molecule has 1 heterocycles. The van der Waals surface area contributed by atoms with Gasteiger partial charge in [0.15, 0.2) is 17.1 Å². The summed E-state index contributed by atoms with van der Waals surface area (Å²) in [7, 11) is 1.56. The molecular formula is C18H13BrO4. The molecule has 3 rings (SSSR count). The van der Waals surface area contributed by atoms with Gasteiger partial charge in [-0.2, -0.15) is 0 Å². The van der Waals surface area contributed by atoms with Crippen LogP contribution in [0.5, 0.6) is 11.5 Å². The number of phenols is 1. The Morgan fingerprint density at radius 2 is 2.09 bits per heavy atom. The Morgan fingerprint density at radius 3 is 2.83 bits per heavy atom. The number of carbonyl (C=O) groups is 1. The number of halogens is 1. The summed E-state index contributed by atoms with van der Waals surface area (Å²) in [6.45, 7) is 0. The Balaban J connectivity index is 1.88. The standard InChI is InChI=1S/C18H13BrO4/c1-22-16-4-2-3-12-10-17(23-18(12)16)15(21)8-6-11-5-7-14(20)13(19)9-11/h2-10,20H,1H3/b8-6+. The van der Waals surface area contributed by atoms with Crippen molar-refractivity contribution < 1.29 is 19.1 Å². The molecule has 0 aliphatic rings. The van der Waals surface area contributed by atoms with Crippen LogP contribution in [0.2, 0.25) is 0 Å². The molecule has 0 spiro atoms. The van der Waals surface area contributed by atoms with Crippen LogP contribution in [-0.2, 0) is 0 Å². The number of hydrogen-bond donors (Lipinski definition) is 1. The highest BCUT2D eigenvalue weighted by molar-refractivity contribution is 9.10. The van der Waals surface area contributed by atoms with E-state index in [1.807, 2.05) is 12.1 Å². The van der Waals surface area contributed by atoms with Crippen molar-refractivity contribution >= 4 is 38.8 Å². The van der Waals surface area contributed by atoms with Crippen molar-refractivity contribution in [2.45, 2.75) is 0 Å². The molecular weight excluding hydrogens is 360 g/mol. The van der Waals surface area contributed by atoms with E-state index in [2.05, 4.69) is 15.9 Å². The van der Waals surface area contributed by atoms with Crippen LogP contribution < -0.4 is 4.74 Å². The van der Waals surface area contributed by atoms with Crippen LogP contribution in [0.4, 0.5) is 0 Å². The minimum atomic E-state index is -0.243. The normalized spacial score (nSPS) is 11.2. The van der Waals surface area contributed by atoms with Crippen molar-refractivity contribution in [1.29, 1.82) is 0 Å². The van der Waals surface area contributed by atoms with Crippen molar-refractivity contribution in [3.8, 4) is 11.5 Å². The van der Waals surface area contributed by atoms with E-state index in [9.17, 15) is 9.90 Å². The number of ketones is 1. The highest BCUT2D eigenvalue weighted by Crippen LogP contribution is 2.29. The van der Waals surface area contributed by atoms with Crippen LogP contribution >= 0.6 is 15.9 Å².